The minimum atomic E-state index is -3.91. The van der Waals surface area contributed by atoms with Crippen LogP contribution in [0.3, 0.4) is 0 Å². The highest BCUT2D eigenvalue weighted by molar-refractivity contribution is 7.89. The lowest BCUT2D eigenvalue weighted by Crippen LogP contribution is -2.44. The molecule has 1 saturated carbocycles. The van der Waals surface area contributed by atoms with E-state index in [9.17, 15) is 13.2 Å². The smallest absolute Gasteiger partial charge is 0.245 e. The molecule has 5 rings (SSSR count). The fourth-order valence-electron chi connectivity index (χ4n) is 5.13. The van der Waals surface area contributed by atoms with Crippen molar-refractivity contribution in [2.45, 2.75) is 42.8 Å². The van der Waals surface area contributed by atoms with Crippen LogP contribution in [0.25, 0.3) is 0 Å². The molecule has 33 heavy (non-hydrogen) atoms. The molecule has 1 saturated heterocycles. The maximum absolute atomic E-state index is 14.0. The molecule has 0 N–H and O–H groups in total. The van der Waals surface area contributed by atoms with Gasteiger partial charge in [0, 0.05) is 6.42 Å². The number of aryl methyl sites for hydroxylation is 1. The normalized spacial score (nSPS) is 26.0. The molecule has 0 unspecified atom stereocenters. The monoisotopic (exact) mass is 461 g/mol. The van der Waals surface area contributed by atoms with E-state index < -0.39 is 28.2 Å². The summed E-state index contributed by atoms with van der Waals surface area (Å²) in [5, 5.41) is 0. The van der Waals surface area contributed by atoms with Crippen molar-refractivity contribution < 1.29 is 17.9 Å². The quantitative estimate of drug-likeness (QED) is 0.545. The molecule has 3 aromatic carbocycles. The van der Waals surface area contributed by atoms with Gasteiger partial charge in [-0.3, -0.25) is 4.79 Å². The van der Waals surface area contributed by atoms with Crippen molar-refractivity contribution in [3.63, 3.8) is 0 Å². The first-order valence-corrected chi connectivity index (χ1v) is 12.8. The molecule has 1 aliphatic heterocycles. The molecule has 0 amide bonds. The maximum atomic E-state index is 14.0. The third-order valence-electron chi connectivity index (χ3n) is 6.81. The van der Waals surface area contributed by atoms with E-state index >= 15 is 0 Å². The van der Waals surface area contributed by atoms with E-state index in [0.29, 0.717) is 12.8 Å². The van der Waals surface area contributed by atoms with Crippen LogP contribution in [0.15, 0.2) is 89.8 Å². The van der Waals surface area contributed by atoms with Gasteiger partial charge in [-0.1, -0.05) is 78.4 Å². The highest BCUT2D eigenvalue weighted by Crippen LogP contribution is 2.47. The number of carbonyl (C=O) groups excluding carboxylic acids is 1. The molecule has 0 bridgehead atoms. The van der Waals surface area contributed by atoms with Crippen LogP contribution in [0.4, 0.5) is 0 Å². The molecule has 1 aliphatic carbocycles. The first-order chi connectivity index (χ1) is 16.0. The Morgan fingerprint density at radius 3 is 2.09 bits per heavy atom. The minimum Gasteiger partial charge on any atom is -0.359 e. The highest BCUT2D eigenvalue weighted by Gasteiger charge is 2.53. The summed E-state index contributed by atoms with van der Waals surface area (Å²) in [5.74, 6) is -0.554. The first-order valence-electron chi connectivity index (χ1n) is 11.3. The average Bonchev–Trinajstić information content (AvgIpc) is 3.44. The van der Waals surface area contributed by atoms with Crippen LogP contribution < -0.4 is 0 Å². The van der Waals surface area contributed by atoms with Crippen LogP contribution in [0.5, 0.6) is 0 Å². The number of rotatable bonds is 5. The average molecular weight is 462 g/mol. The maximum Gasteiger partial charge on any atom is 0.245 e. The van der Waals surface area contributed by atoms with Gasteiger partial charge in [0.15, 0.2) is 0 Å². The molecule has 1 heterocycles. The fourth-order valence-corrected chi connectivity index (χ4v) is 6.84. The highest BCUT2D eigenvalue weighted by atomic mass is 32.2. The zero-order valence-corrected chi connectivity index (χ0v) is 19.3. The molecule has 0 radical (unpaired) electrons. The van der Waals surface area contributed by atoms with Crippen molar-refractivity contribution >= 4 is 15.8 Å². The summed E-state index contributed by atoms with van der Waals surface area (Å²) >= 11 is 0. The van der Waals surface area contributed by atoms with Gasteiger partial charge in [0.2, 0.25) is 10.0 Å². The van der Waals surface area contributed by atoms with Crippen molar-refractivity contribution in [1.29, 1.82) is 0 Å². The molecule has 3 aromatic rings. The SMILES string of the molecule is Cc1ccc(S(=O)(=O)N2[C@@H](c3ccccc3)CO[C@H]2[C@@H]2C(=O)CC[C@H]2c2ccccc2)cc1. The van der Waals surface area contributed by atoms with Crippen LogP contribution in [-0.2, 0) is 19.6 Å². The van der Waals surface area contributed by atoms with Gasteiger partial charge in [0.25, 0.3) is 0 Å². The van der Waals surface area contributed by atoms with Crippen molar-refractivity contribution in [2.24, 2.45) is 5.92 Å². The van der Waals surface area contributed by atoms with E-state index in [4.69, 9.17) is 4.74 Å². The molecule has 6 heteroatoms. The van der Waals surface area contributed by atoms with Crippen LogP contribution in [-0.4, -0.2) is 31.3 Å². The number of hydrogen-bond acceptors (Lipinski definition) is 4. The van der Waals surface area contributed by atoms with E-state index in [1.807, 2.05) is 67.6 Å². The predicted molar refractivity (Wildman–Crippen MR) is 126 cm³/mol. The van der Waals surface area contributed by atoms with Gasteiger partial charge in [-0.2, -0.15) is 4.31 Å². The summed E-state index contributed by atoms with van der Waals surface area (Å²) in [5.41, 5.74) is 2.89. The van der Waals surface area contributed by atoms with Crippen molar-refractivity contribution in [3.8, 4) is 0 Å². The standard InChI is InChI=1S/C27H27NO4S/c1-19-12-14-22(15-13-19)33(30,31)28-24(21-10-6-3-7-11-21)18-32-27(28)26-23(16-17-25(26)29)20-8-4-2-5-9-20/h2-15,23-24,26-27H,16-18H2,1H3/t23-,24+,26-,27-/m0/s1. The van der Waals surface area contributed by atoms with Crippen LogP contribution in [0.2, 0.25) is 0 Å². The fraction of sp³-hybridized carbons (Fsp3) is 0.296. The lowest BCUT2D eigenvalue weighted by molar-refractivity contribution is -0.126. The molecule has 0 spiro atoms. The minimum absolute atomic E-state index is 0.0617. The number of benzene rings is 3. The van der Waals surface area contributed by atoms with Gasteiger partial charge in [-0.05, 0) is 42.5 Å². The lowest BCUT2D eigenvalue weighted by Gasteiger charge is -2.33. The number of ketones is 1. The van der Waals surface area contributed by atoms with Crippen molar-refractivity contribution in [2.75, 3.05) is 6.61 Å². The summed E-state index contributed by atoms with van der Waals surface area (Å²) in [6.45, 7) is 2.14. The van der Waals surface area contributed by atoms with Gasteiger partial charge in [-0.25, -0.2) is 8.42 Å². The molecule has 2 fully saturated rings. The Kier molecular flexibility index (Phi) is 5.91. The zero-order valence-electron chi connectivity index (χ0n) is 18.5. The third-order valence-corrected chi connectivity index (χ3v) is 8.69. The largest absolute Gasteiger partial charge is 0.359 e. The molecular weight excluding hydrogens is 434 g/mol. The Bertz CT molecular complexity index is 1230. The summed E-state index contributed by atoms with van der Waals surface area (Å²) in [6, 6.07) is 25.8. The Labute approximate surface area is 195 Å². The Morgan fingerprint density at radius 1 is 0.848 bits per heavy atom. The van der Waals surface area contributed by atoms with Gasteiger partial charge >= 0.3 is 0 Å². The molecule has 0 aromatic heterocycles. The summed E-state index contributed by atoms with van der Waals surface area (Å²) < 4.78 is 35.6. The zero-order chi connectivity index (χ0) is 23.0. The number of nitrogens with zero attached hydrogens (tertiary/aromatic N) is 1. The molecule has 5 nitrogen and oxygen atoms in total. The second-order valence-corrected chi connectivity index (χ2v) is 10.7. The van der Waals surface area contributed by atoms with E-state index in [-0.39, 0.29) is 23.2 Å². The van der Waals surface area contributed by atoms with Gasteiger partial charge in [0.1, 0.15) is 12.0 Å². The van der Waals surface area contributed by atoms with E-state index in [0.717, 1.165) is 16.7 Å². The number of sulfonamides is 1. The molecule has 2 aliphatic rings. The Hall–Kier alpha value is -2.80. The first kappa shape index (κ1) is 22.0. The van der Waals surface area contributed by atoms with E-state index in [2.05, 4.69) is 0 Å². The van der Waals surface area contributed by atoms with E-state index in [1.54, 1.807) is 24.3 Å². The molecule has 170 valence electrons. The van der Waals surface area contributed by atoms with Crippen molar-refractivity contribution in [3.05, 3.63) is 102 Å². The summed E-state index contributed by atoms with van der Waals surface area (Å²) in [4.78, 5) is 13.4. The Morgan fingerprint density at radius 2 is 1.45 bits per heavy atom. The third kappa shape index (κ3) is 4.03. The van der Waals surface area contributed by atoms with Crippen molar-refractivity contribution in [1.82, 2.24) is 4.31 Å². The van der Waals surface area contributed by atoms with Crippen LogP contribution in [0, 0.1) is 12.8 Å². The molecule has 4 atom stereocenters. The second kappa shape index (κ2) is 8.86. The number of Topliss-reactive ketones (excluding diaryl/α,β-unsaturated/α-hetero) is 1. The van der Waals surface area contributed by atoms with Crippen LogP contribution in [0.1, 0.15) is 41.5 Å². The Balaban J connectivity index is 1.60. The van der Waals surface area contributed by atoms with Gasteiger partial charge in [-0.15, -0.1) is 0 Å². The lowest BCUT2D eigenvalue weighted by atomic mass is 9.87. The van der Waals surface area contributed by atoms with E-state index in [1.165, 1.54) is 4.31 Å². The van der Waals surface area contributed by atoms with Gasteiger partial charge < -0.3 is 4.74 Å². The van der Waals surface area contributed by atoms with Crippen LogP contribution >= 0.6 is 0 Å². The summed E-state index contributed by atoms with van der Waals surface area (Å²) in [6.07, 6.45) is 0.280. The number of ether oxygens (including phenoxy) is 1. The predicted octanol–water partition coefficient (Wildman–Crippen LogP) is 4.85. The molecular formula is C27H27NO4S. The number of hydrogen-bond donors (Lipinski definition) is 0. The summed E-state index contributed by atoms with van der Waals surface area (Å²) in [7, 11) is -3.91. The second-order valence-electron chi connectivity index (χ2n) is 8.85. The van der Waals surface area contributed by atoms with Gasteiger partial charge in [0.05, 0.1) is 23.5 Å². The topological polar surface area (TPSA) is 63.7 Å². The number of carbonyl (C=O) groups is 1.